The molecule has 0 heterocycles. The van der Waals surface area contributed by atoms with E-state index in [1.807, 2.05) is 0 Å². The third kappa shape index (κ3) is 3.35. The molecule has 1 aliphatic rings. The fraction of sp³-hybridized carbons (Fsp3) is 0.538. The number of rotatable bonds is 4. The van der Waals surface area contributed by atoms with Crippen LogP contribution in [0.15, 0.2) is 18.2 Å². The van der Waals surface area contributed by atoms with Crippen molar-refractivity contribution in [1.82, 2.24) is 0 Å². The van der Waals surface area contributed by atoms with Gasteiger partial charge in [-0.15, -0.1) is 0 Å². The van der Waals surface area contributed by atoms with Gasteiger partial charge in [-0.1, -0.05) is 0 Å². The second-order valence-electron chi connectivity index (χ2n) is 4.75. The van der Waals surface area contributed by atoms with Crippen molar-refractivity contribution in [3.8, 4) is 11.5 Å². The van der Waals surface area contributed by atoms with E-state index in [1.54, 1.807) is 12.1 Å². The number of methoxy groups -OCH3 is 1. The molecule has 6 nitrogen and oxygen atoms in total. The minimum absolute atomic E-state index is 0.0551. The minimum Gasteiger partial charge on any atom is -0.490 e. The van der Waals surface area contributed by atoms with Crippen LogP contribution in [-0.4, -0.2) is 24.2 Å². The van der Waals surface area contributed by atoms with Crippen LogP contribution in [0.4, 0.5) is 5.69 Å². The highest BCUT2D eigenvalue weighted by Gasteiger charge is 2.21. The number of benzene rings is 1. The van der Waals surface area contributed by atoms with Gasteiger partial charge in [0.05, 0.1) is 18.1 Å². The zero-order valence-corrected chi connectivity index (χ0v) is 10.9. The summed E-state index contributed by atoms with van der Waals surface area (Å²) >= 11 is 0. The zero-order chi connectivity index (χ0) is 13.8. The lowest BCUT2D eigenvalue weighted by atomic mass is 9.94. The summed E-state index contributed by atoms with van der Waals surface area (Å²) in [6.45, 7) is 0. The highest BCUT2D eigenvalue weighted by Crippen LogP contribution is 2.32. The average Bonchev–Trinajstić information content (AvgIpc) is 2.41. The Labute approximate surface area is 111 Å². The zero-order valence-electron chi connectivity index (χ0n) is 10.9. The number of hydrogen-bond donors (Lipinski definition) is 1. The van der Waals surface area contributed by atoms with Crippen LogP contribution in [0, 0.1) is 10.1 Å². The van der Waals surface area contributed by atoms with E-state index >= 15 is 0 Å². The number of ether oxygens (including phenoxy) is 2. The van der Waals surface area contributed by atoms with Gasteiger partial charge in [0.15, 0.2) is 0 Å². The van der Waals surface area contributed by atoms with E-state index in [2.05, 4.69) is 0 Å². The summed E-state index contributed by atoms with van der Waals surface area (Å²) in [7, 11) is 1.41. The van der Waals surface area contributed by atoms with Gasteiger partial charge in [-0.25, -0.2) is 0 Å². The van der Waals surface area contributed by atoms with E-state index in [4.69, 9.17) is 15.2 Å². The van der Waals surface area contributed by atoms with Gasteiger partial charge >= 0.3 is 5.69 Å². The van der Waals surface area contributed by atoms with Crippen LogP contribution in [0.2, 0.25) is 0 Å². The molecule has 0 radical (unpaired) electrons. The van der Waals surface area contributed by atoms with Crippen LogP contribution in [0.1, 0.15) is 25.7 Å². The summed E-state index contributed by atoms with van der Waals surface area (Å²) in [5.41, 5.74) is 5.78. The van der Waals surface area contributed by atoms with Crippen molar-refractivity contribution in [2.75, 3.05) is 7.11 Å². The summed E-state index contributed by atoms with van der Waals surface area (Å²) in [5, 5.41) is 10.8. The van der Waals surface area contributed by atoms with Crippen LogP contribution in [0.5, 0.6) is 11.5 Å². The Hall–Kier alpha value is -1.82. The van der Waals surface area contributed by atoms with Crippen LogP contribution < -0.4 is 15.2 Å². The second kappa shape index (κ2) is 5.88. The molecule has 1 aromatic rings. The first-order valence-electron chi connectivity index (χ1n) is 6.35. The molecular weight excluding hydrogens is 248 g/mol. The third-order valence-corrected chi connectivity index (χ3v) is 3.37. The normalized spacial score (nSPS) is 22.8. The van der Waals surface area contributed by atoms with Crippen LogP contribution in [0.25, 0.3) is 0 Å². The molecule has 1 aliphatic carbocycles. The van der Waals surface area contributed by atoms with Crippen LogP contribution >= 0.6 is 0 Å². The van der Waals surface area contributed by atoms with Gasteiger partial charge in [0.25, 0.3) is 0 Å². The molecule has 1 fully saturated rings. The predicted molar refractivity (Wildman–Crippen MR) is 70.5 cm³/mol. The Morgan fingerprint density at radius 1 is 1.32 bits per heavy atom. The average molecular weight is 266 g/mol. The minimum atomic E-state index is -0.470. The Morgan fingerprint density at radius 2 is 2.00 bits per heavy atom. The highest BCUT2D eigenvalue weighted by atomic mass is 16.6. The van der Waals surface area contributed by atoms with Crippen molar-refractivity contribution in [1.29, 1.82) is 0 Å². The van der Waals surface area contributed by atoms with E-state index in [0.717, 1.165) is 25.7 Å². The maximum Gasteiger partial charge on any atom is 0.311 e. The van der Waals surface area contributed by atoms with Crippen LogP contribution in [0.3, 0.4) is 0 Å². The van der Waals surface area contributed by atoms with Crippen molar-refractivity contribution in [3.63, 3.8) is 0 Å². The topological polar surface area (TPSA) is 87.6 Å². The van der Waals surface area contributed by atoms with Crippen molar-refractivity contribution >= 4 is 5.69 Å². The summed E-state index contributed by atoms with van der Waals surface area (Å²) in [4.78, 5) is 10.3. The number of nitro groups is 1. The first kappa shape index (κ1) is 13.6. The highest BCUT2D eigenvalue weighted by molar-refractivity contribution is 5.50. The van der Waals surface area contributed by atoms with Gasteiger partial charge < -0.3 is 15.2 Å². The summed E-state index contributed by atoms with van der Waals surface area (Å²) in [6, 6.07) is 4.84. The molecule has 104 valence electrons. The predicted octanol–water partition coefficient (Wildman–Crippen LogP) is 2.25. The van der Waals surface area contributed by atoms with E-state index in [-0.39, 0.29) is 23.6 Å². The molecule has 2 N–H and O–H groups in total. The monoisotopic (exact) mass is 266 g/mol. The lowest BCUT2D eigenvalue weighted by Crippen LogP contribution is -2.31. The second-order valence-corrected chi connectivity index (χ2v) is 4.75. The number of nitrogens with zero attached hydrogens (tertiary/aromatic N) is 1. The Bertz CT molecular complexity index is 456. The molecule has 0 bridgehead atoms. The van der Waals surface area contributed by atoms with Gasteiger partial charge in [-0.05, 0) is 31.7 Å². The molecule has 0 atom stereocenters. The first-order chi connectivity index (χ1) is 9.10. The van der Waals surface area contributed by atoms with E-state index in [1.165, 1.54) is 13.2 Å². The van der Waals surface area contributed by atoms with Gasteiger partial charge in [0.1, 0.15) is 5.75 Å². The fourth-order valence-corrected chi connectivity index (χ4v) is 2.28. The molecule has 1 saturated carbocycles. The quantitative estimate of drug-likeness (QED) is 0.667. The van der Waals surface area contributed by atoms with Crippen LogP contribution in [-0.2, 0) is 0 Å². The molecule has 0 aliphatic heterocycles. The van der Waals surface area contributed by atoms with E-state index in [0.29, 0.717) is 5.75 Å². The number of hydrogen-bond acceptors (Lipinski definition) is 5. The standard InChI is InChI=1S/C13H18N2O4/c1-18-13-8-11(6-7-12(13)15(16)17)19-10-4-2-9(14)3-5-10/h6-10H,2-5,14H2,1H3. The molecular formula is C13H18N2O4. The van der Waals surface area contributed by atoms with Crippen molar-refractivity contribution < 1.29 is 14.4 Å². The van der Waals surface area contributed by atoms with Gasteiger partial charge in [-0.2, -0.15) is 0 Å². The van der Waals surface area contributed by atoms with Crippen molar-refractivity contribution in [3.05, 3.63) is 28.3 Å². The Morgan fingerprint density at radius 3 is 2.58 bits per heavy atom. The molecule has 0 saturated heterocycles. The van der Waals surface area contributed by atoms with Gasteiger partial charge in [0.2, 0.25) is 5.75 Å². The molecule has 2 rings (SSSR count). The van der Waals surface area contributed by atoms with Crippen molar-refractivity contribution in [2.45, 2.75) is 37.8 Å². The van der Waals surface area contributed by atoms with Crippen molar-refractivity contribution in [2.24, 2.45) is 5.73 Å². The maximum atomic E-state index is 10.8. The fourth-order valence-electron chi connectivity index (χ4n) is 2.28. The van der Waals surface area contributed by atoms with Gasteiger partial charge in [0, 0.05) is 18.2 Å². The Kier molecular flexibility index (Phi) is 4.21. The number of nitrogens with two attached hydrogens (primary N) is 1. The van der Waals surface area contributed by atoms with Gasteiger partial charge in [-0.3, -0.25) is 10.1 Å². The Balaban J connectivity index is 2.07. The molecule has 0 spiro atoms. The lowest BCUT2D eigenvalue weighted by Gasteiger charge is -2.26. The lowest BCUT2D eigenvalue weighted by molar-refractivity contribution is -0.385. The maximum absolute atomic E-state index is 10.8. The summed E-state index contributed by atoms with van der Waals surface area (Å²) < 4.78 is 10.8. The molecule has 0 aromatic heterocycles. The smallest absolute Gasteiger partial charge is 0.311 e. The third-order valence-electron chi connectivity index (χ3n) is 3.37. The molecule has 6 heteroatoms. The largest absolute Gasteiger partial charge is 0.490 e. The molecule has 0 amide bonds. The molecule has 19 heavy (non-hydrogen) atoms. The first-order valence-corrected chi connectivity index (χ1v) is 6.35. The van der Waals surface area contributed by atoms with E-state index < -0.39 is 4.92 Å². The SMILES string of the molecule is COc1cc(OC2CCC(N)CC2)ccc1[N+](=O)[O-]. The summed E-state index contributed by atoms with van der Waals surface area (Å²) in [5.74, 6) is 0.818. The summed E-state index contributed by atoms with van der Waals surface area (Å²) in [6.07, 6.45) is 3.87. The molecule has 1 aromatic carbocycles. The van der Waals surface area contributed by atoms with E-state index in [9.17, 15) is 10.1 Å². The number of nitro benzene ring substituents is 1. The molecule has 0 unspecified atom stereocenters.